The van der Waals surface area contributed by atoms with Crippen LogP contribution < -0.4 is 10.9 Å². The molecule has 0 atom stereocenters. The zero-order valence-corrected chi connectivity index (χ0v) is 12.7. The summed E-state index contributed by atoms with van der Waals surface area (Å²) in [7, 11) is 0. The molecule has 2 aromatic carbocycles. The topological polar surface area (TPSA) is 76.9 Å². The molecule has 0 unspecified atom stereocenters. The van der Waals surface area contributed by atoms with Crippen LogP contribution >= 0.6 is 0 Å². The van der Waals surface area contributed by atoms with Crippen molar-refractivity contribution in [3.8, 4) is 0 Å². The Balaban J connectivity index is 1.68. The Morgan fingerprint density at radius 2 is 1.87 bits per heavy atom. The Labute approximate surface area is 132 Å². The van der Waals surface area contributed by atoms with Crippen molar-refractivity contribution in [3.05, 3.63) is 64.4 Å². The van der Waals surface area contributed by atoms with Crippen molar-refractivity contribution < 1.29 is 4.79 Å². The summed E-state index contributed by atoms with van der Waals surface area (Å²) < 4.78 is 1.22. The fourth-order valence-corrected chi connectivity index (χ4v) is 2.24. The van der Waals surface area contributed by atoms with E-state index in [0.717, 1.165) is 11.3 Å². The molecule has 1 amide bonds. The molecule has 0 fully saturated rings. The first-order valence-corrected chi connectivity index (χ1v) is 7.32. The van der Waals surface area contributed by atoms with Gasteiger partial charge in [0.25, 0.3) is 5.56 Å². The van der Waals surface area contributed by atoms with Crippen LogP contribution in [0.25, 0.3) is 10.9 Å². The molecule has 1 aromatic heterocycles. The highest BCUT2D eigenvalue weighted by atomic mass is 16.2. The van der Waals surface area contributed by atoms with E-state index >= 15 is 0 Å². The van der Waals surface area contributed by atoms with Crippen molar-refractivity contribution in [1.82, 2.24) is 15.0 Å². The monoisotopic (exact) mass is 308 g/mol. The van der Waals surface area contributed by atoms with Crippen molar-refractivity contribution in [2.75, 3.05) is 5.32 Å². The number of anilines is 1. The molecule has 0 bridgehead atoms. The zero-order valence-electron chi connectivity index (χ0n) is 12.7. The summed E-state index contributed by atoms with van der Waals surface area (Å²) in [5.41, 5.74) is 2.18. The van der Waals surface area contributed by atoms with Gasteiger partial charge in [0.15, 0.2) is 0 Å². The van der Waals surface area contributed by atoms with Gasteiger partial charge in [0.1, 0.15) is 5.52 Å². The number of aromatic nitrogens is 3. The third-order valence-electron chi connectivity index (χ3n) is 3.52. The van der Waals surface area contributed by atoms with Crippen LogP contribution in [0.2, 0.25) is 0 Å². The van der Waals surface area contributed by atoms with Gasteiger partial charge in [0.2, 0.25) is 5.91 Å². The van der Waals surface area contributed by atoms with Gasteiger partial charge in [0, 0.05) is 12.1 Å². The molecule has 23 heavy (non-hydrogen) atoms. The second kappa shape index (κ2) is 6.39. The molecule has 1 heterocycles. The highest BCUT2D eigenvalue weighted by molar-refractivity contribution is 5.90. The van der Waals surface area contributed by atoms with Crippen LogP contribution in [-0.2, 0) is 11.3 Å². The lowest BCUT2D eigenvalue weighted by molar-refractivity contribution is -0.116. The zero-order chi connectivity index (χ0) is 16.2. The number of nitrogens with one attached hydrogen (secondary N) is 1. The van der Waals surface area contributed by atoms with Crippen LogP contribution in [0, 0.1) is 6.92 Å². The first-order chi connectivity index (χ1) is 11.1. The summed E-state index contributed by atoms with van der Waals surface area (Å²) in [6.07, 6.45) is 0.154. The smallest absolute Gasteiger partial charge is 0.277 e. The minimum absolute atomic E-state index is 0.154. The van der Waals surface area contributed by atoms with Crippen LogP contribution in [0.15, 0.2) is 53.3 Å². The molecule has 116 valence electrons. The maximum Gasteiger partial charge on any atom is 0.277 e. The van der Waals surface area contributed by atoms with Gasteiger partial charge >= 0.3 is 0 Å². The predicted molar refractivity (Wildman–Crippen MR) is 88.2 cm³/mol. The number of hydrogen-bond donors (Lipinski definition) is 1. The second-order valence-electron chi connectivity index (χ2n) is 5.30. The van der Waals surface area contributed by atoms with Gasteiger partial charge in [-0.15, -0.1) is 5.10 Å². The first kappa shape index (κ1) is 14.9. The summed E-state index contributed by atoms with van der Waals surface area (Å²) in [6.45, 7) is 2.17. The van der Waals surface area contributed by atoms with Crippen molar-refractivity contribution in [2.45, 2.75) is 19.9 Å². The third-order valence-corrected chi connectivity index (χ3v) is 3.52. The number of benzene rings is 2. The lowest BCUT2D eigenvalue weighted by atomic mass is 10.2. The number of hydrogen-bond acceptors (Lipinski definition) is 4. The number of carbonyl (C=O) groups excluding carboxylic acids is 1. The highest BCUT2D eigenvalue weighted by Gasteiger charge is 2.08. The largest absolute Gasteiger partial charge is 0.326 e. The molecule has 0 spiro atoms. The predicted octanol–water partition coefficient (Wildman–Crippen LogP) is 2.13. The number of aryl methyl sites for hydroxylation is 2. The average molecular weight is 308 g/mol. The van der Waals surface area contributed by atoms with Crippen molar-refractivity contribution in [2.24, 2.45) is 0 Å². The Morgan fingerprint density at radius 1 is 1.13 bits per heavy atom. The van der Waals surface area contributed by atoms with E-state index in [-0.39, 0.29) is 24.4 Å². The molecule has 0 aliphatic heterocycles. The quantitative estimate of drug-likeness (QED) is 0.801. The number of carbonyl (C=O) groups is 1. The highest BCUT2D eigenvalue weighted by Crippen LogP contribution is 2.09. The molecular weight excluding hydrogens is 292 g/mol. The van der Waals surface area contributed by atoms with Crippen molar-refractivity contribution >= 4 is 22.5 Å². The van der Waals surface area contributed by atoms with E-state index in [1.165, 1.54) is 4.68 Å². The molecule has 3 rings (SSSR count). The minimum atomic E-state index is -0.237. The molecule has 0 saturated carbocycles. The minimum Gasteiger partial charge on any atom is -0.326 e. The van der Waals surface area contributed by atoms with E-state index in [1.807, 2.05) is 31.2 Å². The Kier molecular flexibility index (Phi) is 4.14. The molecule has 0 radical (unpaired) electrons. The number of amides is 1. The van der Waals surface area contributed by atoms with Crippen molar-refractivity contribution in [3.63, 3.8) is 0 Å². The molecule has 1 N–H and O–H groups in total. The summed E-state index contributed by atoms with van der Waals surface area (Å²) in [4.78, 5) is 24.2. The van der Waals surface area contributed by atoms with E-state index in [4.69, 9.17) is 0 Å². The number of nitrogens with zero attached hydrogens (tertiary/aromatic N) is 3. The maximum atomic E-state index is 12.3. The lowest BCUT2D eigenvalue weighted by Crippen LogP contribution is -2.26. The van der Waals surface area contributed by atoms with Crippen LogP contribution in [0.4, 0.5) is 5.69 Å². The van der Waals surface area contributed by atoms with Crippen molar-refractivity contribution in [1.29, 1.82) is 0 Å². The van der Waals surface area contributed by atoms with Crippen LogP contribution in [0.3, 0.4) is 0 Å². The van der Waals surface area contributed by atoms with E-state index in [9.17, 15) is 9.59 Å². The molecule has 0 aliphatic carbocycles. The third kappa shape index (κ3) is 3.42. The van der Waals surface area contributed by atoms with E-state index < -0.39 is 0 Å². The maximum absolute atomic E-state index is 12.3. The Hall–Kier alpha value is -3.02. The van der Waals surface area contributed by atoms with Gasteiger partial charge < -0.3 is 5.32 Å². The van der Waals surface area contributed by atoms with Gasteiger partial charge in [-0.1, -0.05) is 35.0 Å². The van der Waals surface area contributed by atoms with Gasteiger partial charge in [-0.25, -0.2) is 4.68 Å². The fourth-order valence-electron chi connectivity index (χ4n) is 2.24. The van der Waals surface area contributed by atoms with E-state index in [0.29, 0.717) is 10.9 Å². The normalized spacial score (nSPS) is 10.7. The summed E-state index contributed by atoms with van der Waals surface area (Å²) >= 11 is 0. The van der Waals surface area contributed by atoms with Crippen LogP contribution in [0.5, 0.6) is 0 Å². The standard InChI is InChI=1S/C17H16N4O2/c1-12-6-8-13(9-7-12)18-16(22)10-11-21-17(23)14-4-2-3-5-15(14)19-20-21/h2-9H,10-11H2,1H3,(H,18,22). The summed E-state index contributed by atoms with van der Waals surface area (Å²) in [5.74, 6) is -0.171. The molecule has 0 aliphatic rings. The summed E-state index contributed by atoms with van der Waals surface area (Å²) in [6, 6.07) is 14.6. The van der Waals surface area contributed by atoms with Crippen LogP contribution in [-0.4, -0.2) is 20.9 Å². The van der Waals surface area contributed by atoms with Gasteiger partial charge in [-0.2, -0.15) is 0 Å². The van der Waals surface area contributed by atoms with E-state index in [2.05, 4.69) is 15.6 Å². The number of rotatable bonds is 4. The molecule has 0 saturated heterocycles. The second-order valence-corrected chi connectivity index (χ2v) is 5.30. The molecule has 3 aromatic rings. The van der Waals surface area contributed by atoms with Gasteiger partial charge in [-0.3, -0.25) is 9.59 Å². The average Bonchev–Trinajstić information content (AvgIpc) is 2.57. The molecule has 6 heteroatoms. The summed E-state index contributed by atoms with van der Waals surface area (Å²) in [5, 5.41) is 11.2. The van der Waals surface area contributed by atoms with Gasteiger partial charge in [-0.05, 0) is 31.2 Å². The Bertz CT molecular complexity index is 900. The number of fused-ring (bicyclic) bond motifs is 1. The first-order valence-electron chi connectivity index (χ1n) is 7.32. The Morgan fingerprint density at radius 3 is 2.65 bits per heavy atom. The fraction of sp³-hybridized carbons (Fsp3) is 0.176. The van der Waals surface area contributed by atoms with E-state index in [1.54, 1.807) is 24.3 Å². The SMILES string of the molecule is Cc1ccc(NC(=O)CCn2nnc3ccccc3c2=O)cc1. The van der Waals surface area contributed by atoms with Crippen LogP contribution in [0.1, 0.15) is 12.0 Å². The van der Waals surface area contributed by atoms with Gasteiger partial charge in [0.05, 0.1) is 11.9 Å². The lowest BCUT2D eigenvalue weighted by Gasteiger charge is -2.07. The molecular formula is C17H16N4O2. The molecule has 6 nitrogen and oxygen atoms in total.